The van der Waals surface area contributed by atoms with Crippen molar-refractivity contribution in [2.24, 2.45) is 5.10 Å². The maximum atomic E-state index is 12.3. The van der Waals surface area contributed by atoms with Crippen molar-refractivity contribution in [1.29, 1.82) is 0 Å². The lowest BCUT2D eigenvalue weighted by Gasteiger charge is -2.22. The second kappa shape index (κ2) is 9.62. The molecule has 0 heterocycles. The van der Waals surface area contributed by atoms with Gasteiger partial charge < -0.3 is 9.47 Å². The molecule has 0 bridgehead atoms. The van der Waals surface area contributed by atoms with Crippen molar-refractivity contribution in [2.75, 3.05) is 31.3 Å². The number of carbonyl (C=O) groups excluding carboxylic acids is 1. The summed E-state index contributed by atoms with van der Waals surface area (Å²) in [5.74, 6) is 0.496. The van der Waals surface area contributed by atoms with Gasteiger partial charge in [-0.25, -0.2) is 13.8 Å². The number of benzene rings is 2. The predicted octanol–water partition coefficient (Wildman–Crippen LogP) is 2.66. The molecular formula is C19H22ClN3O5S. The number of methoxy groups -OCH3 is 2. The first-order valence-corrected chi connectivity index (χ1v) is 10.7. The lowest BCUT2D eigenvalue weighted by molar-refractivity contribution is -0.119. The average Bonchev–Trinajstić information content (AvgIpc) is 2.69. The second-order valence-electron chi connectivity index (χ2n) is 6.05. The molecule has 1 N–H and O–H groups in total. The number of amides is 1. The van der Waals surface area contributed by atoms with E-state index in [1.54, 1.807) is 38.3 Å². The van der Waals surface area contributed by atoms with Crippen molar-refractivity contribution in [1.82, 2.24) is 5.43 Å². The SMILES string of the molecule is COc1ccc(/C(C)=N\NC(=O)CN(c2ccc(OC)c(Cl)c2)S(C)(=O)=O)cc1. The average molecular weight is 440 g/mol. The topological polar surface area (TPSA) is 97.3 Å². The molecule has 2 aromatic carbocycles. The van der Waals surface area contributed by atoms with E-state index in [0.717, 1.165) is 16.1 Å². The van der Waals surface area contributed by atoms with Gasteiger partial charge in [-0.15, -0.1) is 0 Å². The van der Waals surface area contributed by atoms with Gasteiger partial charge in [-0.05, 0) is 55.0 Å². The van der Waals surface area contributed by atoms with Gasteiger partial charge in [0.2, 0.25) is 10.0 Å². The Hall–Kier alpha value is -2.78. The second-order valence-corrected chi connectivity index (χ2v) is 8.36. The van der Waals surface area contributed by atoms with Crippen molar-refractivity contribution >= 4 is 38.9 Å². The van der Waals surface area contributed by atoms with Gasteiger partial charge in [-0.2, -0.15) is 5.10 Å². The van der Waals surface area contributed by atoms with Crippen LogP contribution in [0.3, 0.4) is 0 Å². The zero-order chi connectivity index (χ0) is 21.6. The number of nitrogens with one attached hydrogen (secondary N) is 1. The van der Waals surface area contributed by atoms with E-state index in [9.17, 15) is 13.2 Å². The molecule has 29 heavy (non-hydrogen) atoms. The van der Waals surface area contributed by atoms with Crippen LogP contribution < -0.4 is 19.2 Å². The maximum absolute atomic E-state index is 12.3. The number of anilines is 1. The third-order valence-corrected chi connectivity index (χ3v) is 5.40. The normalized spacial score (nSPS) is 11.7. The van der Waals surface area contributed by atoms with Crippen molar-refractivity contribution < 1.29 is 22.7 Å². The summed E-state index contributed by atoms with van der Waals surface area (Å²) in [6.07, 6.45) is 1.00. The number of nitrogens with zero attached hydrogens (tertiary/aromatic N) is 2. The van der Waals surface area contributed by atoms with Gasteiger partial charge >= 0.3 is 0 Å². The molecule has 2 rings (SSSR count). The van der Waals surface area contributed by atoms with E-state index < -0.39 is 22.5 Å². The van der Waals surface area contributed by atoms with Gasteiger partial charge in [0, 0.05) is 0 Å². The number of ether oxygens (including phenoxy) is 2. The van der Waals surface area contributed by atoms with E-state index in [0.29, 0.717) is 17.2 Å². The number of hydrazone groups is 1. The molecule has 10 heteroatoms. The van der Waals surface area contributed by atoms with Crippen LogP contribution in [0, 0.1) is 0 Å². The van der Waals surface area contributed by atoms with Crippen molar-refractivity contribution in [2.45, 2.75) is 6.92 Å². The number of hydrogen-bond donors (Lipinski definition) is 1. The summed E-state index contributed by atoms with van der Waals surface area (Å²) in [6.45, 7) is 1.26. The molecule has 0 radical (unpaired) electrons. The zero-order valence-electron chi connectivity index (χ0n) is 16.5. The van der Waals surface area contributed by atoms with Gasteiger partial charge in [0.25, 0.3) is 5.91 Å². The highest BCUT2D eigenvalue weighted by Crippen LogP contribution is 2.30. The molecule has 0 unspecified atom stereocenters. The summed E-state index contributed by atoms with van der Waals surface area (Å²) in [6, 6.07) is 11.6. The van der Waals surface area contributed by atoms with E-state index in [2.05, 4.69) is 10.5 Å². The highest BCUT2D eigenvalue weighted by molar-refractivity contribution is 7.92. The zero-order valence-corrected chi connectivity index (χ0v) is 18.0. The van der Waals surface area contributed by atoms with Crippen molar-refractivity contribution in [3.63, 3.8) is 0 Å². The monoisotopic (exact) mass is 439 g/mol. The molecule has 156 valence electrons. The van der Waals surface area contributed by atoms with Gasteiger partial charge in [0.05, 0.1) is 36.9 Å². The van der Waals surface area contributed by atoms with E-state index in [-0.39, 0.29) is 10.7 Å². The molecule has 0 fully saturated rings. The molecule has 0 aliphatic rings. The summed E-state index contributed by atoms with van der Waals surface area (Å²) in [5, 5.41) is 4.26. The van der Waals surface area contributed by atoms with Gasteiger partial charge in [0.15, 0.2) is 0 Å². The minimum Gasteiger partial charge on any atom is -0.497 e. The third kappa shape index (κ3) is 6.10. The Morgan fingerprint density at radius 3 is 2.31 bits per heavy atom. The minimum atomic E-state index is -3.74. The lowest BCUT2D eigenvalue weighted by Crippen LogP contribution is -2.39. The van der Waals surface area contributed by atoms with Crippen LogP contribution in [0.15, 0.2) is 47.6 Å². The highest BCUT2D eigenvalue weighted by atomic mass is 35.5. The number of carbonyl (C=O) groups is 1. The number of sulfonamides is 1. The van der Waals surface area contributed by atoms with E-state index in [1.807, 2.05) is 0 Å². The summed E-state index contributed by atoms with van der Waals surface area (Å²) >= 11 is 6.07. The Bertz CT molecular complexity index is 1010. The maximum Gasteiger partial charge on any atom is 0.260 e. The molecule has 2 aromatic rings. The smallest absolute Gasteiger partial charge is 0.260 e. The Balaban J connectivity index is 2.15. The van der Waals surface area contributed by atoms with Crippen LogP contribution in [0.5, 0.6) is 11.5 Å². The van der Waals surface area contributed by atoms with E-state index in [4.69, 9.17) is 21.1 Å². The Labute approximate surface area is 175 Å². The molecule has 0 spiro atoms. The molecular weight excluding hydrogens is 418 g/mol. The van der Waals surface area contributed by atoms with Gasteiger partial charge in [0.1, 0.15) is 18.0 Å². The van der Waals surface area contributed by atoms with Crippen LogP contribution in [0.2, 0.25) is 5.02 Å². The predicted molar refractivity (Wildman–Crippen MR) is 114 cm³/mol. The van der Waals surface area contributed by atoms with E-state index in [1.165, 1.54) is 25.3 Å². The minimum absolute atomic E-state index is 0.229. The molecule has 0 saturated carbocycles. The number of hydrogen-bond acceptors (Lipinski definition) is 6. The fourth-order valence-electron chi connectivity index (χ4n) is 2.42. The van der Waals surface area contributed by atoms with Crippen LogP contribution in [0.1, 0.15) is 12.5 Å². The molecule has 0 aliphatic carbocycles. The fourth-order valence-corrected chi connectivity index (χ4v) is 3.52. The number of halogens is 1. The van der Waals surface area contributed by atoms with Crippen molar-refractivity contribution in [3.05, 3.63) is 53.1 Å². The van der Waals surface area contributed by atoms with Gasteiger partial charge in [-0.3, -0.25) is 9.10 Å². The Morgan fingerprint density at radius 1 is 1.14 bits per heavy atom. The Kier molecular flexibility index (Phi) is 7.46. The first-order valence-electron chi connectivity index (χ1n) is 8.44. The first kappa shape index (κ1) is 22.5. The van der Waals surface area contributed by atoms with Crippen LogP contribution in [-0.4, -0.2) is 47.1 Å². The van der Waals surface area contributed by atoms with Crippen LogP contribution >= 0.6 is 11.6 Å². The molecule has 0 aliphatic heterocycles. The summed E-state index contributed by atoms with van der Waals surface area (Å²) in [4.78, 5) is 12.3. The quantitative estimate of drug-likeness (QED) is 0.503. The third-order valence-electron chi connectivity index (χ3n) is 3.97. The van der Waals surface area contributed by atoms with Crippen LogP contribution in [0.4, 0.5) is 5.69 Å². The highest BCUT2D eigenvalue weighted by Gasteiger charge is 2.21. The van der Waals surface area contributed by atoms with Crippen molar-refractivity contribution in [3.8, 4) is 11.5 Å². The molecule has 1 amide bonds. The largest absolute Gasteiger partial charge is 0.497 e. The summed E-state index contributed by atoms with van der Waals surface area (Å²) in [7, 11) is -0.718. The molecule has 8 nitrogen and oxygen atoms in total. The molecule has 0 atom stereocenters. The fraction of sp³-hybridized carbons (Fsp3) is 0.263. The van der Waals surface area contributed by atoms with Crippen LogP contribution in [0.25, 0.3) is 0 Å². The summed E-state index contributed by atoms with van der Waals surface area (Å²) < 4.78 is 35.5. The first-order chi connectivity index (χ1) is 13.7. The van der Waals surface area contributed by atoms with E-state index >= 15 is 0 Å². The molecule has 0 aromatic heterocycles. The lowest BCUT2D eigenvalue weighted by atomic mass is 10.1. The Morgan fingerprint density at radius 2 is 1.79 bits per heavy atom. The standard InChI is InChI=1S/C19H22ClN3O5S/c1-13(14-5-8-16(27-2)9-6-14)21-22-19(24)12-23(29(4,25)26)15-7-10-18(28-3)17(20)11-15/h5-11H,12H2,1-4H3,(H,22,24)/b21-13-. The van der Waals surface area contributed by atoms with Crippen LogP contribution in [-0.2, 0) is 14.8 Å². The number of rotatable bonds is 8. The summed E-state index contributed by atoms with van der Waals surface area (Å²) in [5.41, 5.74) is 3.95. The molecule has 0 saturated heterocycles. The van der Waals surface area contributed by atoms with Gasteiger partial charge in [-0.1, -0.05) is 11.6 Å².